The number of anilines is 1. The van der Waals surface area contributed by atoms with Crippen LogP contribution in [0.3, 0.4) is 0 Å². The van der Waals surface area contributed by atoms with Crippen LogP contribution in [-0.4, -0.2) is 30.5 Å². The molecule has 0 heterocycles. The van der Waals surface area contributed by atoms with Crippen molar-refractivity contribution in [2.24, 2.45) is 5.73 Å². The van der Waals surface area contributed by atoms with Crippen molar-refractivity contribution in [1.29, 1.82) is 0 Å². The molecule has 0 fully saturated rings. The molecule has 0 saturated heterocycles. The van der Waals surface area contributed by atoms with Crippen molar-refractivity contribution >= 4 is 46.3 Å². The number of nitrogens with two attached hydrogens (primary N) is 1. The number of rotatable bonds is 4. The van der Waals surface area contributed by atoms with Crippen LogP contribution in [0.1, 0.15) is 5.56 Å². The topological polar surface area (TPSA) is 93.4 Å². The number of aryl methyl sites for hydroxylation is 1. The van der Waals surface area contributed by atoms with E-state index in [9.17, 15) is 9.59 Å². The van der Waals surface area contributed by atoms with E-state index in [0.29, 0.717) is 16.5 Å². The summed E-state index contributed by atoms with van der Waals surface area (Å²) in [5.41, 5.74) is 6.32. The predicted octanol–water partition coefficient (Wildman–Crippen LogP) is 0.998. The van der Waals surface area contributed by atoms with Crippen LogP contribution in [0.15, 0.2) is 12.1 Å². The molecule has 108 valence electrons. The molecular formula is C12H14ClN3O3S. The van der Waals surface area contributed by atoms with Gasteiger partial charge in [-0.15, -0.1) is 0 Å². The van der Waals surface area contributed by atoms with E-state index in [4.69, 9.17) is 22.1 Å². The number of benzene rings is 1. The van der Waals surface area contributed by atoms with Crippen LogP contribution in [0.25, 0.3) is 0 Å². The zero-order valence-electron chi connectivity index (χ0n) is 11.0. The summed E-state index contributed by atoms with van der Waals surface area (Å²) in [7, 11) is 1.43. The summed E-state index contributed by atoms with van der Waals surface area (Å²) in [6, 6.07) is 3.17. The van der Waals surface area contributed by atoms with E-state index in [1.807, 2.05) is 0 Å². The Hall–Kier alpha value is -1.86. The van der Waals surface area contributed by atoms with Crippen molar-refractivity contribution in [3.05, 3.63) is 22.7 Å². The molecule has 0 bridgehead atoms. The first-order valence-corrected chi connectivity index (χ1v) is 6.35. The Kier molecular flexibility index (Phi) is 5.72. The average molecular weight is 316 g/mol. The highest BCUT2D eigenvalue weighted by Crippen LogP contribution is 2.30. The van der Waals surface area contributed by atoms with Crippen LogP contribution in [-0.2, 0) is 9.59 Å². The van der Waals surface area contributed by atoms with Gasteiger partial charge in [-0.1, -0.05) is 23.8 Å². The molecule has 0 spiro atoms. The number of hydrogen-bond donors (Lipinski definition) is 3. The fraction of sp³-hybridized carbons (Fsp3) is 0.250. The second-order valence-corrected chi connectivity index (χ2v) is 4.84. The molecule has 0 radical (unpaired) electrons. The van der Waals surface area contributed by atoms with E-state index in [1.165, 1.54) is 7.11 Å². The molecule has 1 aromatic rings. The summed E-state index contributed by atoms with van der Waals surface area (Å²) in [5.74, 6) is -1.33. The first kappa shape index (κ1) is 16.2. The Morgan fingerprint density at radius 1 is 1.40 bits per heavy atom. The average Bonchev–Trinajstić information content (AvgIpc) is 2.39. The predicted molar refractivity (Wildman–Crippen MR) is 81.2 cm³/mol. The molecule has 20 heavy (non-hydrogen) atoms. The van der Waals surface area contributed by atoms with Crippen molar-refractivity contribution in [2.45, 2.75) is 6.92 Å². The van der Waals surface area contributed by atoms with Gasteiger partial charge in [-0.25, -0.2) is 0 Å². The van der Waals surface area contributed by atoms with E-state index in [-0.39, 0.29) is 11.5 Å². The Morgan fingerprint density at radius 2 is 2.05 bits per heavy atom. The summed E-state index contributed by atoms with van der Waals surface area (Å²) in [4.78, 5) is 23.3. The summed E-state index contributed by atoms with van der Waals surface area (Å²) in [5, 5.41) is 5.21. The highest BCUT2D eigenvalue weighted by molar-refractivity contribution is 7.80. The summed E-state index contributed by atoms with van der Waals surface area (Å²) in [6.45, 7) is 1.72. The maximum absolute atomic E-state index is 11.7. The molecule has 6 nitrogen and oxygen atoms in total. The van der Waals surface area contributed by atoms with Gasteiger partial charge < -0.3 is 21.1 Å². The maximum atomic E-state index is 11.7. The molecule has 0 atom stereocenters. The number of carbonyl (C=O) groups excluding carboxylic acids is 2. The molecule has 0 aliphatic carbocycles. The zero-order chi connectivity index (χ0) is 15.3. The van der Waals surface area contributed by atoms with Gasteiger partial charge in [-0.3, -0.25) is 9.59 Å². The number of carbonyl (C=O) groups is 2. The lowest BCUT2D eigenvalue weighted by Gasteiger charge is -2.12. The van der Waals surface area contributed by atoms with Crippen LogP contribution in [0.2, 0.25) is 5.02 Å². The summed E-state index contributed by atoms with van der Waals surface area (Å²) >= 11 is 10.5. The first-order valence-electron chi connectivity index (χ1n) is 5.56. The smallest absolute Gasteiger partial charge is 0.313 e. The third kappa shape index (κ3) is 4.36. The normalized spacial score (nSPS) is 9.75. The molecule has 0 aliphatic heterocycles. The van der Waals surface area contributed by atoms with Gasteiger partial charge >= 0.3 is 11.8 Å². The molecule has 1 aromatic carbocycles. The number of ether oxygens (including phenoxy) is 1. The summed E-state index contributed by atoms with van der Waals surface area (Å²) < 4.78 is 5.09. The van der Waals surface area contributed by atoms with Gasteiger partial charge in [0.25, 0.3) is 0 Å². The molecular weight excluding hydrogens is 302 g/mol. The molecule has 4 N–H and O–H groups in total. The number of thiocarbonyl (C=S) groups is 1. The third-order valence-corrected chi connectivity index (χ3v) is 2.91. The molecule has 0 unspecified atom stereocenters. The fourth-order valence-corrected chi connectivity index (χ4v) is 1.58. The van der Waals surface area contributed by atoms with E-state index >= 15 is 0 Å². The number of amides is 2. The van der Waals surface area contributed by atoms with Crippen molar-refractivity contribution in [3.8, 4) is 5.75 Å². The van der Waals surface area contributed by atoms with Gasteiger partial charge in [-0.2, -0.15) is 0 Å². The van der Waals surface area contributed by atoms with Crippen molar-refractivity contribution in [3.63, 3.8) is 0 Å². The van der Waals surface area contributed by atoms with Crippen LogP contribution < -0.4 is 21.1 Å². The molecule has 1 rings (SSSR count). The summed E-state index contributed by atoms with van der Waals surface area (Å²) in [6.07, 6.45) is 0. The van der Waals surface area contributed by atoms with Gasteiger partial charge in [0.15, 0.2) is 0 Å². The minimum Gasteiger partial charge on any atom is -0.495 e. The van der Waals surface area contributed by atoms with Gasteiger partial charge in [-0.05, 0) is 18.6 Å². The van der Waals surface area contributed by atoms with Crippen molar-refractivity contribution in [2.75, 3.05) is 19.0 Å². The SMILES string of the molecule is COc1cc(Cl)c(C)cc1NC(=O)C(=O)NCC(N)=S. The third-order valence-electron chi connectivity index (χ3n) is 2.36. The zero-order valence-corrected chi connectivity index (χ0v) is 12.5. The number of halogens is 1. The monoisotopic (exact) mass is 315 g/mol. The van der Waals surface area contributed by atoms with Gasteiger partial charge in [0, 0.05) is 11.1 Å². The molecule has 0 aromatic heterocycles. The van der Waals surface area contributed by atoms with Crippen LogP contribution >= 0.6 is 23.8 Å². The Morgan fingerprint density at radius 3 is 2.60 bits per heavy atom. The van der Waals surface area contributed by atoms with Gasteiger partial charge in [0.2, 0.25) is 0 Å². The highest BCUT2D eigenvalue weighted by Gasteiger charge is 2.16. The second kappa shape index (κ2) is 7.06. The number of hydrogen-bond acceptors (Lipinski definition) is 4. The maximum Gasteiger partial charge on any atom is 0.313 e. The molecule has 0 saturated carbocycles. The molecule has 8 heteroatoms. The van der Waals surface area contributed by atoms with E-state index in [0.717, 1.165) is 5.56 Å². The lowest BCUT2D eigenvalue weighted by Crippen LogP contribution is -2.39. The van der Waals surface area contributed by atoms with Crippen molar-refractivity contribution < 1.29 is 14.3 Å². The second-order valence-electron chi connectivity index (χ2n) is 3.90. The van der Waals surface area contributed by atoms with Gasteiger partial charge in [0.05, 0.1) is 24.3 Å². The quantitative estimate of drug-likeness (QED) is 0.569. The Balaban J connectivity index is 2.82. The van der Waals surface area contributed by atoms with E-state index in [1.54, 1.807) is 19.1 Å². The van der Waals surface area contributed by atoms with Crippen LogP contribution in [0.4, 0.5) is 5.69 Å². The lowest BCUT2D eigenvalue weighted by molar-refractivity contribution is -0.135. The Labute approximate surface area is 126 Å². The van der Waals surface area contributed by atoms with Gasteiger partial charge in [0.1, 0.15) is 5.75 Å². The largest absolute Gasteiger partial charge is 0.495 e. The molecule has 0 aliphatic rings. The first-order chi connectivity index (χ1) is 9.35. The molecule has 2 amide bonds. The van der Waals surface area contributed by atoms with Crippen LogP contribution in [0.5, 0.6) is 5.75 Å². The minimum atomic E-state index is -0.846. The number of nitrogens with one attached hydrogen (secondary N) is 2. The van der Waals surface area contributed by atoms with Crippen LogP contribution in [0, 0.1) is 6.92 Å². The fourth-order valence-electron chi connectivity index (χ4n) is 1.36. The lowest BCUT2D eigenvalue weighted by atomic mass is 10.2. The highest BCUT2D eigenvalue weighted by atomic mass is 35.5. The minimum absolute atomic E-state index is 0.0433. The Bertz CT molecular complexity index is 563. The van der Waals surface area contributed by atoms with E-state index < -0.39 is 11.8 Å². The van der Waals surface area contributed by atoms with Crippen molar-refractivity contribution in [1.82, 2.24) is 5.32 Å². The standard InChI is InChI=1S/C12H14ClN3O3S/c1-6-3-8(9(19-2)4-7(6)13)16-12(18)11(17)15-5-10(14)20/h3-4H,5H2,1-2H3,(H2,14,20)(H,15,17)(H,16,18). The van der Waals surface area contributed by atoms with E-state index in [2.05, 4.69) is 22.9 Å². The number of methoxy groups -OCH3 is 1.